The van der Waals surface area contributed by atoms with Crippen LogP contribution in [0.2, 0.25) is 0 Å². The number of rotatable bonds is 6. The van der Waals surface area contributed by atoms with E-state index < -0.39 is 5.92 Å². The van der Waals surface area contributed by atoms with Crippen LogP contribution < -0.4 is 24.8 Å². The molecule has 2 aromatic carbocycles. The first-order valence-electron chi connectivity index (χ1n) is 8.07. The molecule has 3 rings (SSSR count). The second-order valence-corrected chi connectivity index (χ2v) is 5.80. The normalized spacial score (nSPS) is 15.0. The van der Waals surface area contributed by atoms with Gasteiger partial charge in [-0.3, -0.25) is 9.59 Å². The van der Waals surface area contributed by atoms with Gasteiger partial charge in [0, 0.05) is 29.9 Å². The largest absolute Gasteiger partial charge is 0.493 e. The Hall–Kier alpha value is -3.22. The molecule has 0 aromatic heterocycles. The van der Waals surface area contributed by atoms with Crippen molar-refractivity contribution in [2.24, 2.45) is 0 Å². The van der Waals surface area contributed by atoms with Gasteiger partial charge in [0.15, 0.2) is 11.5 Å². The van der Waals surface area contributed by atoms with E-state index in [2.05, 4.69) is 10.6 Å². The topological polar surface area (TPSA) is 85.9 Å². The summed E-state index contributed by atoms with van der Waals surface area (Å²) in [7, 11) is 4.51. The predicted molar refractivity (Wildman–Crippen MR) is 97.2 cm³/mol. The van der Waals surface area contributed by atoms with Crippen molar-refractivity contribution in [2.75, 3.05) is 32.0 Å². The van der Waals surface area contributed by atoms with Gasteiger partial charge >= 0.3 is 0 Å². The lowest BCUT2D eigenvalue weighted by Crippen LogP contribution is -2.20. The van der Waals surface area contributed by atoms with E-state index in [0.29, 0.717) is 22.9 Å². The Kier molecular flexibility index (Phi) is 4.97. The zero-order valence-corrected chi connectivity index (χ0v) is 14.8. The highest BCUT2D eigenvalue weighted by atomic mass is 16.5. The first-order valence-corrected chi connectivity index (χ1v) is 8.07. The summed E-state index contributed by atoms with van der Waals surface area (Å²) in [5.41, 5.74) is 2.08. The molecule has 0 saturated heterocycles. The second kappa shape index (κ2) is 7.35. The monoisotopic (exact) mass is 356 g/mol. The summed E-state index contributed by atoms with van der Waals surface area (Å²) in [6, 6.07) is 10.7. The molecule has 0 radical (unpaired) electrons. The molecule has 26 heavy (non-hydrogen) atoms. The van der Waals surface area contributed by atoms with Gasteiger partial charge in [-0.15, -0.1) is 0 Å². The maximum absolute atomic E-state index is 12.5. The Balaban J connectivity index is 1.78. The maximum atomic E-state index is 12.5. The molecule has 2 aromatic rings. The van der Waals surface area contributed by atoms with E-state index in [9.17, 15) is 9.59 Å². The third-order valence-corrected chi connectivity index (χ3v) is 4.25. The van der Waals surface area contributed by atoms with Crippen molar-refractivity contribution < 1.29 is 23.8 Å². The Morgan fingerprint density at radius 3 is 2.35 bits per heavy atom. The minimum absolute atomic E-state index is 0.0412. The Labute approximate surface area is 151 Å². The standard InChI is InChI=1S/C19H20N2O5/c1-24-15-8-11(9-16(25-2)18(15)26-3)20-17(22)10-13-12-6-4-5-7-14(12)21-19(13)23/h4-9,13H,10H2,1-3H3,(H,20,22)(H,21,23)/t13-/m1/s1. The van der Waals surface area contributed by atoms with Gasteiger partial charge < -0.3 is 24.8 Å². The number of fused-ring (bicyclic) bond motifs is 1. The molecule has 0 fully saturated rings. The number of carbonyl (C=O) groups is 2. The number of benzene rings is 2. The van der Waals surface area contributed by atoms with Crippen molar-refractivity contribution in [3.63, 3.8) is 0 Å². The molecule has 0 unspecified atom stereocenters. The molecular formula is C19H20N2O5. The van der Waals surface area contributed by atoms with Crippen molar-refractivity contribution in [1.29, 1.82) is 0 Å². The number of nitrogens with one attached hydrogen (secondary N) is 2. The molecule has 0 aliphatic carbocycles. The smallest absolute Gasteiger partial charge is 0.232 e. The van der Waals surface area contributed by atoms with Gasteiger partial charge in [0.05, 0.1) is 27.2 Å². The fourth-order valence-electron chi connectivity index (χ4n) is 3.03. The Morgan fingerprint density at radius 2 is 1.73 bits per heavy atom. The van der Waals surface area contributed by atoms with Crippen LogP contribution in [-0.2, 0) is 9.59 Å². The lowest BCUT2D eigenvalue weighted by molar-refractivity contribution is -0.122. The van der Waals surface area contributed by atoms with Crippen LogP contribution in [0.1, 0.15) is 17.9 Å². The van der Waals surface area contributed by atoms with Gasteiger partial charge in [-0.05, 0) is 11.6 Å². The van der Waals surface area contributed by atoms with Crippen molar-refractivity contribution >= 4 is 23.2 Å². The SMILES string of the molecule is COc1cc(NC(=O)C[C@H]2C(=O)Nc3ccccc32)cc(OC)c1OC. The van der Waals surface area contributed by atoms with Crippen LogP contribution in [0.5, 0.6) is 17.2 Å². The van der Waals surface area contributed by atoms with E-state index in [4.69, 9.17) is 14.2 Å². The highest BCUT2D eigenvalue weighted by molar-refractivity contribution is 6.06. The number of amides is 2. The first-order chi connectivity index (χ1) is 12.6. The van der Waals surface area contributed by atoms with E-state index >= 15 is 0 Å². The summed E-state index contributed by atoms with van der Waals surface area (Å²) in [5, 5.41) is 5.58. The molecular weight excluding hydrogens is 336 g/mol. The van der Waals surface area contributed by atoms with Gasteiger partial charge in [0.25, 0.3) is 0 Å². The summed E-state index contributed by atoms with van der Waals surface area (Å²) in [5.74, 6) is 0.352. The van der Waals surface area contributed by atoms with E-state index in [1.807, 2.05) is 24.3 Å². The number of methoxy groups -OCH3 is 3. The van der Waals surface area contributed by atoms with Crippen molar-refractivity contribution in [3.05, 3.63) is 42.0 Å². The lowest BCUT2D eigenvalue weighted by Gasteiger charge is -2.15. The fourth-order valence-corrected chi connectivity index (χ4v) is 3.03. The molecule has 0 spiro atoms. The van der Waals surface area contributed by atoms with Gasteiger partial charge in [-0.1, -0.05) is 18.2 Å². The molecule has 1 aliphatic rings. The Bertz CT molecular complexity index is 825. The summed E-state index contributed by atoms with van der Waals surface area (Å²) in [4.78, 5) is 24.6. The van der Waals surface area contributed by atoms with Crippen LogP contribution in [-0.4, -0.2) is 33.1 Å². The number of hydrogen-bond acceptors (Lipinski definition) is 5. The lowest BCUT2D eigenvalue weighted by atomic mass is 9.97. The van der Waals surface area contributed by atoms with Gasteiger partial charge in [-0.25, -0.2) is 0 Å². The quantitative estimate of drug-likeness (QED) is 0.831. The van der Waals surface area contributed by atoms with Gasteiger partial charge in [-0.2, -0.15) is 0 Å². The van der Waals surface area contributed by atoms with Crippen LogP contribution in [0.15, 0.2) is 36.4 Å². The summed E-state index contributed by atoms with van der Waals surface area (Å²) >= 11 is 0. The summed E-state index contributed by atoms with van der Waals surface area (Å²) in [6.45, 7) is 0. The zero-order valence-electron chi connectivity index (χ0n) is 14.8. The van der Waals surface area contributed by atoms with E-state index in [1.54, 1.807) is 12.1 Å². The molecule has 1 aliphatic heterocycles. The van der Waals surface area contributed by atoms with E-state index in [0.717, 1.165) is 11.3 Å². The third kappa shape index (κ3) is 3.28. The Morgan fingerprint density at radius 1 is 1.08 bits per heavy atom. The fraction of sp³-hybridized carbons (Fsp3) is 0.263. The number of ether oxygens (including phenoxy) is 3. The van der Waals surface area contributed by atoms with Crippen LogP contribution in [0.4, 0.5) is 11.4 Å². The minimum Gasteiger partial charge on any atom is -0.493 e. The molecule has 7 nitrogen and oxygen atoms in total. The number of para-hydroxylation sites is 1. The molecule has 1 heterocycles. The third-order valence-electron chi connectivity index (χ3n) is 4.25. The minimum atomic E-state index is -0.506. The van der Waals surface area contributed by atoms with Crippen LogP contribution in [0, 0.1) is 0 Å². The number of anilines is 2. The molecule has 7 heteroatoms. The maximum Gasteiger partial charge on any atom is 0.232 e. The molecule has 136 valence electrons. The van der Waals surface area contributed by atoms with E-state index in [1.165, 1.54) is 21.3 Å². The van der Waals surface area contributed by atoms with E-state index in [-0.39, 0.29) is 18.2 Å². The average molecular weight is 356 g/mol. The van der Waals surface area contributed by atoms with Crippen molar-refractivity contribution in [3.8, 4) is 17.2 Å². The van der Waals surface area contributed by atoms with Gasteiger partial charge in [0.1, 0.15) is 0 Å². The van der Waals surface area contributed by atoms with Crippen LogP contribution in [0.3, 0.4) is 0 Å². The molecule has 1 atom stereocenters. The highest BCUT2D eigenvalue weighted by Crippen LogP contribution is 2.40. The summed E-state index contributed by atoms with van der Waals surface area (Å²) in [6.07, 6.45) is 0.0412. The van der Waals surface area contributed by atoms with Crippen molar-refractivity contribution in [2.45, 2.75) is 12.3 Å². The zero-order chi connectivity index (χ0) is 18.7. The second-order valence-electron chi connectivity index (χ2n) is 5.80. The predicted octanol–water partition coefficient (Wildman–Crippen LogP) is 2.78. The first kappa shape index (κ1) is 17.6. The van der Waals surface area contributed by atoms with Gasteiger partial charge in [0.2, 0.25) is 17.6 Å². The van der Waals surface area contributed by atoms with Crippen LogP contribution >= 0.6 is 0 Å². The molecule has 0 bridgehead atoms. The molecule has 2 N–H and O–H groups in total. The highest BCUT2D eigenvalue weighted by Gasteiger charge is 2.32. The number of carbonyl (C=O) groups excluding carboxylic acids is 2. The average Bonchev–Trinajstić information content (AvgIpc) is 2.96. The summed E-state index contributed by atoms with van der Waals surface area (Å²) < 4.78 is 15.8. The van der Waals surface area contributed by atoms with Crippen LogP contribution in [0.25, 0.3) is 0 Å². The van der Waals surface area contributed by atoms with Crippen molar-refractivity contribution in [1.82, 2.24) is 0 Å². The molecule has 2 amide bonds. The molecule has 0 saturated carbocycles. The number of hydrogen-bond donors (Lipinski definition) is 2.